The summed E-state index contributed by atoms with van der Waals surface area (Å²) in [7, 11) is 0. The molecule has 2 aliphatic rings. The van der Waals surface area contributed by atoms with Gasteiger partial charge < -0.3 is 10.2 Å². The summed E-state index contributed by atoms with van der Waals surface area (Å²) in [6.45, 7) is 4.12. The molecule has 0 aromatic heterocycles. The number of aliphatic hydroxyl groups is 2. The van der Waals surface area contributed by atoms with Gasteiger partial charge >= 0.3 is 0 Å². The molecule has 2 aliphatic carbocycles. The number of aryl methyl sites for hydroxylation is 2. The standard InChI is InChI=1S/2C20H16O/c2*1-14-10-12-15(13-11-14)20(21)18-8-4-2-6-16(18)17-7-3-5-9-19(17)20/h2*2-13,21H,1H3. The first-order chi connectivity index (χ1) is 20.4. The molecule has 8 rings (SSSR count). The summed E-state index contributed by atoms with van der Waals surface area (Å²) in [6, 6.07) is 48.8. The zero-order valence-electron chi connectivity index (χ0n) is 23.8. The van der Waals surface area contributed by atoms with Crippen molar-refractivity contribution in [2.75, 3.05) is 0 Å². The SMILES string of the molecule is Cc1ccc(C2(O)c3ccccc3-c3ccccc32)cc1.Cc1ccc(C2(O)c3ccccc3-c3ccccc32)cc1. The largest absolute Gasteiger partial charge is 0.376 e. The number of fused-ring (bicyclic) bond motifs is 6. The van der Waals surface area contributed by atoms with E-state index < -0.39 is 11.2 Å². The van der Waals surface area contributed by atoms with Gasteiger partial charge in [0.25, 0.3) is 0 Å². The minimum Gasteiger partial charge on any atom is -0.376 e. The van der Waals surface area contributed by atoms with Gasteiger partial charge in [-0.2, -0.15) is 0 Å². The van der Waals surface area contributed by atoms with Crippen molar-refractivity contribution in [3.63, 3.8) is 0 Å². The van der Waals surface area contributed by atoms with Gasteiger partial charge in [0.05, 0.1) is 0 Å². The van der Waals surface area contributed by atoms with Crippen LogP contribution in [-0.4, -0.2) is 10.2 Å². The van der Waals surface area contributed by atoms with Gasteiger partial charge in [0.2, 0.25) is 0 Å². The van der Waals surface area contributed by atoms with E-state index in [1.54, 1.807) is 0 Å². The predicted molar refractivity (Wildman–Crippen MR) is 170 cm³/mol. The molecule has 0 spiro atoms. The minimum absolute atomic E-state index is 0.922. The average Bonchev–Trinajstić information content (AvgIpc) is 3.46. The predicted octanol–water partition coefficient (Wildman–Crippen LogP) is 8.52. The van der Waals surface area contributed by atoms with Crippen LogP contribution in [0.25, 0.3) is 22.3 Å². The van der Waals surface area contributed by atoms with Crippen LogP contribution in [0.1, 0.15) is 44.5 Å². The fourth-order valence-electron chi connectivity index (χ4n) is 6.64. The van der Waals surface area contributed by atoms with Gasteiger partial charge in [-0.25, -0.2) is 0 Å². The van der Waals surface area contributed by atoms with Crippen molar-refractivity contribution in [1.29, 1.82) is 0 Å². The van der Waals surface area contributed by atoms with Crippen LogP contribution < -0.4 is 0 Å². The van der Waals surface area contributed by atoms with E-state index in [4.69, 9.17) is 0 Å². The Balaban J connectivity index is 0.000000137. The highest BCUT2D eigenvalue weighted by atomic mass is 16.3. The summed E-state index contributed by atoms with van der Waals surface area (Å²) < 4.78 is 0. The second-order valence-electron chi connectivity index (χ2n) is 11.3. The Kier molecular flexibility index (Phi) is 6.20. The van der Waals surface area contributed by atoms with Crippen LogP contribution in [0, 0.1) is 13.8 Å². The number of benzene rings is 6. The van der Waals surface area contributed by atoms with Crippen LogP contribution in [0.15, 0.2) is 146 Å². The minimum atomic E-state index is -1.05. The monoisotopic (exact) mass is 544 g/mol. The van der Waals surface area contributed by atoms with Crippen molar-refractivity contribution in [1.82, 2.24) is 0 Å². The van der Waals surface area contributed by atoms with E-state index in [1.807, 2.05) is 97.1 Å². The molecule has 2 N–H and O–H groups in total. The van der Waals surface area contributed by atoms with Gasteiger partial charge in [0.15, 0.2) is 0 Å². The van der Waals surface area contributed by atoms with E-state index >= 15 is 0 Å². The van der Waals surface area contributed by atoms with Crippen LogP contribution in [0.3, 0.4) is 0 Å². The molecule has 0 atom stereocenters. The fourth-order valence-corrected chi connectivity index (χ4v) is 6.64. The van der Waals surface area contributed by atoms with E-state index in [2.05, 4.69) is 62.4 Å². The number of hydrogen-bond donors (Lipinski definition) is 2. The summed E-state index contributed by atoms with van der Waals surface area (Å²) in [6.07, 6.45) is 0. The molecule has 0 aliphatic heterocycles. The number of hydrogen-bond acceptors (Lipinski definition) is 2. The Labute approximate surface area is 247 Å². The lowest BCUT2D eigenvalue weighted by Gasteiger charge is -2.26. The molecule has 0 unspecified atom stereocenters. The maximum Gasteiger partial charge on any atom is 0.141 e. The highest BCUT2D eigenvalue weighted by Crippen LogP contribution is 2.51. The maximum atomic E-state index is 11.6. The summed E-state index contributed by atoms with van der Waals surface area (Å²) in [5.41, 5.74) is 10.5. The smallest absolute Gasteiger partial charge is 0.141 e. The second-order valence-corrected chi connectivity index (χ2v) is 11.3. The molecule has 0 saturated heterocycles. The Morgan fingerprint density at radius 2 is 0.571 bits per heavy atom. The molecule has 0 radical (unpaired) electrons. The van der Waals surface area contributed by atoms with Gasteiger partial charge in [0.1, 0.15) is 11.2 Å². The Morgan fingerprint density at radius 3 is 0.833 bits per heavy atom. The summed E-state index contributed by atoms with van der Waals surface area (Å²) in [5.74, 6) is 0. The molecule has 0 saturated carbocycles. The molecule has 0 amide bonds. The molecule has 6 aromatic carbocycles. The van der Waals surface area contributed by atoms with E-state index in [1.165, 1.54) is 11.1 Å². The molecule has 204 valence electrons. The zero-order valence-corrected chi connectivity index (χ0v) is 23.8. The molecule has 2 heteroatoms. The van der Waals surface area contributed by atoms with Gasteiger partial charge in [-0.1, -0.05) is 157 Å². The first kappa shape index (κ1) is 26.2. The number of rotatable bonds is 2. The highest BCUT2D eigenvalue weighted by molar-refractivity contribution is 5.83. The maximum absolute atomic E-state index is 11.6. The van der Waals surface area contributed by atoms with Gasteiger partial charge in [-0.05, 0) is 47.2 Å². The van der Waals surface area contributed by atoms with Crippen molar-refractivity contribution in [3.05, 3.63) is 190 Å². The lowest BCUT2D eigenvalue weighted by atomic mass is 9.84. The van der Waals surface area contributed by atoms with Crippen LogP contribution in [-0.2, 0) is 11.2 Å². The third kappa shape index (κ3) is 3.88. The molecule has 0 heterocycles. The molecule has 2 nitrogen and oxygen atoms in total. The lowest BCUT2D eigenvalue weighted by Crippen LogP contribution is -2.26. The average molecular weight is 545 g/mol. The van der Waals surface area contributed by atoms with Crippen LogP contribution in [0.2, 0.25) is 0 Å². The van der Waals surface area contributed by atoms with Crippen molar-refractivity contribution in [3.8, 4) is 22.3 Å². The molecular formula is C40H32O2. The Bertz CT molecular complexity index is 1680. The van der Waals surface area contributed by atoms with E-state index in [0.29, 0.717) is 0 Å². The fraction of sp³-hybridized carbons (Fsp3) is 0.100. The van der Waals surface area contributed by atoms with Crippen molar-refractivity contribution in [2.24, 2.45) is 0 Å². The quantitative estimate of drug-likeness (QED) is 0.229. The van der Waals surface area contributed by atoms with Gasteiger partial charge in [0, 0.05) is 22.3 Å². The zero-order chi connectivity index (χ0) is 28.9. The summed E-state index contributed by atoms with van der Waals surface area (Å²) >= 11 is 0. The Hall–Kier alpha value is -4.76. The third-order valence-corrected chi connectivity index (χ3v) is 8.79. The van der Waals surface area contributed by atoms with E-state index in [0.717, 1.165) is 55.6 Å². The van der Waals surface area contributed by atoms with E-state index in [-0.39, 0.29) is 0 Å². The van der Waals surface area contributed by atoms with E-state index in [9.17, 15) is 10.2 Å². The molecule has 0 fully saturated rings. The molecule has 6 aromatic rings. The first-order valence-corrected chi connectivity index (χ1v) is 14.4. The lowest BCUT2D eigenvalue weighted by molar-refractivity contribution is 0.130. The normalized spacial score (nSPS) is 14.6. The summed E-state index contributed by atoms with van der Waals surface area (Å²) in [4.78, 5) is 0. The van der Waals surface area contributed by atoms with Crippen molar-refractivity contribution in [2.45, 2.75) is 25.0 Å². The van der Waals surface area contributed by atoms with Gasteiger partial charge in [-0.15, -0.1) is 0 Å². The topological polar surface area (TPSA) is 40.5 Å². The van der Waals surface area contributed by atoms with Crippen LogP contribution >= 0.6 is 0 Å². The van der Waals surface area contributed by atoms with Crippen molar-refractivity contribution < 1.29 is 10.2 Å². The van der Waals surface area contributed by atoms with Crippen LogP contribution in [0.5, 0.6) is 0 Å². The first-order valence-electron chi connectivity index (χ1n) is 14.4. The van der Waals surface area contributed by atoms with Gasteiger partial charge in [-0.3, -0.25) is 0 Å². The molecule has 0 bridgehead atoms. The highest BCUT2D eigenvalue weighted by Gasteiger charge is 2.43. The Morgan fingerprint density at radius 1 is 0.333 bits per heavy atom. The second kappa shape index (κ2) is 9.95. The molecular weight excluding hydrogens is 512 g/mol. The third-order valence-electron chi connectivity index (χ3n) is 8.79. The summed E-state index contributed by atoms with van der Waals surface area (Å²) in [5, 5.41) is 23.1. The van der Waals surface area contributed by atoms with Crippen molar-refractivity contribution >= 4 is 0 Å². The van der Waals surface area contributed by atoms with Crippen LogP contribution in [0.4, 0.5) is 0 Å². The molecule has 42 heavy (non-hydrogen) atoms.